The quantitative estimate of drug-likeness (QED) is 0.688. The van der Waals surface area contributed by atoms with Crippen LogP contribution in [0.1, 0.15) is 18.1 Å². The van der Waals surface area contributed by atoms with Crippen LogP contribution in [0.25, 0.3) is 0 Å². The van der Waals surface area contributed by atoms with Crippen LogP contribution in [0, 0.1) is 0 Å². The lowest BCUT2D eigenvalue weighted by molar-refractivity contribution is -0.131. The van der Waals surface area contributed by atoms with Gasteiger partial charge in [-0.05, 0) is 29.0 Å². The van der Waals surface area contributed by atoms with Gasteiger partial charge >= 0.3 is 0 Å². The maximum Gasteiger partial charge on any atom is 0.252 e. The third kappa shape index (κ3) is 5.00. The molecule has 0 bridgehead atoms. The Morgan fingerprint density at radius 3 is 2.29 bits per heavy atom. The first-order chi connectivity index (χ1) is 13.4. The van der Waals surface area contributed by atoms with Crippen molar-refractivity contribution >= 4 is 27.3 Å². The minimum atomic E-state index is -3.40. The molecule has 0 spiro atoms. The van der Waals surface area contributed by atoms with Gasteiger partial charge in [-0.3, -0.25) is 9.69 Å². The second kappa shape index (κ2) is 9.17. The molecular weight excluding hydrogens is 394 g/mol. The van der Waals surface area contributed by atoms with Gasteiger partial charge in [0.1, 0.15) is 4.21 Å². The van der Waals surface area contributed by atoms with Crippen molar-refractivity contribution in [3.63, 3.8) is 0 Å². The monoisotopic (exact) mass is 421 g/mol. The highest BCUT2D eigenvalue weighted by Gasteiger charge is 2.29. The van der Waals surface area contributed by atoms with E-state index in [9.17, 15) is 13.2 Å². The van der Waals surface area contributed by atoms with E-state index in [0.717, 1.165) is 12.0 Å². The van der Waals surface area contributed by atoms with Crippen molar-refractivity contribution in [3.05, 3.63) is 52.9 Å². The summed E-state index contributed by atoms with van der Waals surface area (Å²) < 4.78 is 27.0. The van der Waals surface area contributed by atoms with E-state index in [2.05, 4.69) is 31.2 Å². The number of rotatable bonds is 7. The van der Waals surface area contributed by atoms with Gasteiger partial charge in [0.25, 0.3) is 10.0 Å². The Hall–Kier alpha value is -1.74. The van der Waals surface area contributed by atoms with Crippen LogP contribution in [-0.4, -0.2) is 68.2 Å². The van der Waals surface area contributed by atoms with E-state index >= 15 is 0 Å². The van der Waals surface area contributed by atoms with Gasteiger partial charge in [-0.25, -0.2) is 8.42 Å². The van der Waals surface area contributed by atoms with E-state index in [1.165, 1.54) is 21.2 Å². The molecular formula is C20H27N3O3S2. The number of benzene rings is 1. The number of hydrogen-bond donors (Lipinski definition) is 0. The molecule has 28 heavy (non-hydrogen) atoms. The molecule has 0 aliphatic carbocycles. The van der Waals surface area contributed by atoms with E-state index in [-0.39, 0.29) is 5.91 Å². The van der Waals surface area contributed by atoms with E-state index < -0.39 is 10.0 Å². The van der Waals surface area contributed by atoms with E-state index in [0.29, 0.717) is 43.5 Å². The second-order valence-corrected chi connectivity index (χ2v) is 10.1. The van der Waals surface area contributed by atoms with Crippen molar-refractivity contribution in [2.24, 2.45) is 0 Å². The standard InChI is InChI=1S/C20H27N3O3S2/c1-3-17-6-8-18(9-7-17)15-21(2)19(24)16-22-10-12-23(13-11-22)28(25,26)20-5-4-14-27-20/h4-9,14H,3,10-13,15-16H2,1-2H3. The summed E-state index contributed by atoms with van der Waals surface area (Å²) in [4.78, 5) is 16.3. The molecule has 0 N–H and O–H groups in total. The summed E-state index contributed by atoms with van der Waals surface area (Å²) in [5.41, 5.74) is 2.40. The van der Waals surface area contributed by atoms with Crippen molar-refractivity contribution in [3.8, 4) is 0 Å². The van der Waals surface area contributed by atoms with Crippen molar-refractivity contribution in [2.75, 3.05) is 39.8 Å². The molecule has 1 aliphatic rings. The first kappa shape index (κ1) is 21.0. The van der Waals surface area contributed by atoms with Gasteiger partial charge in [-0.15, -0.1) is 11.3 Å². The lowest BCUT2D eigenvalue weighted by Gasteiger charge is -2.34. The highest BCUT2D eigenvalue weighted by Crippen LogP contribution is 2.22. The van der Waals surface area contributed by atoms with Crippen LogP contribution in [0.4, 0.5) is 0 Å². The Balaban J connectivity index is 1.49. The molecule has 2 aromatic rings. The summed E-state index contributed by atoms with van der Waals surface area (Å²) in [5, 5.41) is 1.77. The molecule has 0 atom stereocenters. The molecule has 0 unspecified atom stereocenters. The number of piperazine rings is 1. The average molecular weight is 422 g/mol. The number of hydrogen-bond acceptors (Lipinski definition) is 5. The number of carbonyl (C=O) groups is 1. The molecule has 1 amide bonds. The van der Waals surface area contributed by atoms with Crippen molar-refractivity contribution in [1.82, 2.24) is 14.1 Å². The molecule has 0 radical (unpaired) electrons. The maximum absolute atomic E-state index is 12.6. The van der Waals surface area contributed by atoms with Crippen LogP contribution >= 0.6 is 11.3 Å². The average Bonchev–Trinajstić information content (AvgIpc) is 3.25. The molecule has 3 rings (SSSR count). The van der Waals surface area contributed by atoms with Gasteiger partial charge in [0, 0.05) is 39.8 Å². The first-order valence-corrected chi connectivity index (χ1v) is 11.8. The fourth-order valence-corrected chi connectivity index (χ4v) is 5.79. The van der Waals surface area contributed by atoms with Gasteiger partial charge in [0.05, 0.1) is 6.54 Å². The number of nitrogens with zero attached hydrogens (tertiary/aromatic N) is 3. The summed E-state index contributed by atoms with van der Waals surface area (Å²) in [6.07, 6.45) is 1.00. The minimum absolute atomic E-state index is 0.0501. The Labute approximate surface area is 171 Å². The van der Waals surface area contributed by atoms with Crippen molar-refractivity contribution in [1.29, 1.82) is 0 Å². The van der Waals surface area contributed by atoms with Gasteiger partial charge < -0.3 is 4.90 Å². The zero-order valence-corrected chi connectivity index (χ0v) is 18.0. The molecule has 1 aliphatic heterocycles. The minimum Gasteiger partial charge on any atom is -0.340 e. The van der Waals surface area contributed by atoms with E-state index in [1.807, 2.05) is 11.9 Å². The predicted octanol–water partition coefficient (Wildman–Crippen LogP) is 2.28. The third-order valence-electron chi connectivity index (χ3n) is 5.06. The molecule has 1 aromatic heterocycles. The number of carbonyl (C=O) groups excluding carboxylic acids is 1. The molecule has 152 valence electrons. The van der Waals surface area contributed by atoms with Crippen LogP contribution in [0.2, 0.25) is 0 Å². The molecule has 8 heteroatoms. The number of aryl methyl sites for hydroxylation is 1. The predicted molar refractivity (Wildman–Crippen MR) is 112 cm³/mol. The van der Waals surface area contributed by atoms with Crippen LogP contribution < -0.4 is 0 Å². The van der Waals surface area contributed by atoms with Crippen LogP contribution in [0.3, 0.4) is 0 Å². The molecule has 2 heterocycles. The lowest BCUT2D eigenvalue weighted by atomic mass is 10.1. The number of thiophene rings is 1. The van der Waals surface area contributed by atoms with Gasteiger partial charge in [-0.2, -0.15) is 4.31 Å². The van der Waals surface area contributed by atoms with Crippen LogP contribution in [-0.2, 0) is 27.8 Å². The summed E-state index contributed by atoms with van der Waals surface area (Å²) in [5.74, 6) is 0.0501. The Morgan fingerprint density at radius 2 is 1.71 bits per heavy atom. The van der Waals surface area contributed by atoms with Crippen LogP contribution in [0.15, 0.2) is 46.0 Å². The summed E-state index contributed by atoms with van der Waals surface area (Å²) in [6.45, 7) is 4.97. The Kier molecular flexibility index (Phi) is 6.87. The zero-order valence-electron chi connectivity index (χ0n) is 16.4. The molecule has 1 aromatic carbocycles. The lowest BCUT2D eigenvalue weighted by Crippen LogP contribution is -2.51. The summed E-state index contributed by atoms with van der Waals surface area (Å²) in [7, 11) is -1.59. The SMILES string of the molecule is CCc1ccc(CN(C)C(=O)CN2CCN(S(=O)(=O)c3cccs3)CC2)cc1. The second-order valence-electron chi connectivity index (χ2n) is 7.03. The smallest absolute Gasteiger partial charge is 0.252 e. The Morgan fingerprint density at radius 1 is 1.07 bits per heavy atom. The Bertz CT molecular complexity index is 872. The normalized spacial score (nSPS) is 16.2. The molecule has 1 fully saturated rings. The highest BCUT2D eigenvalue weighted by atomic mass is 32.2. The fraction of sp³-hybridized carbons (Fsp3) is 0.450. The van der Waals surface area contributed by atoms with E-state index in [4.69, 9.17) is 0 Å². The van der Waals surface area contributed by atoms with Gasteiger partial charge in [-0.1, -0.05) is 37.3 Å². The number of sulfonamides is 1. The topological polar surface area (TPSA) is 60.9 Å². The zero-order chi connectivity index (χ0) is 20.1. The maximum atomic E-state index is 12.6. The number of amides is 1. The molecule has 6 nitrogen and oxygen atoms in total. The molecule has 1 saturated heterocycles. The summed E-state index contributed by atoms with van der Waals surface area (Å²) >= 11 is 1.24. The van der Waals surface area contributed by atoms with Gasteiger partial charge in [0.2, 0.25) is 5.91 Å². The third-order valence-corrected chi connectivity index (χ3v) is 8.33. The summed E-state index contributed by atoms with van der Waals surface area (Å²) in [6, 6.07) is 11.7. The molecule has 0 saturated carbocycles. The van der Waals surface area contributed by atoms with E-state index in [1.54, 1.807) is 22.4 Å². The number of likely N-dealkylation sites (N-methyl/N-ethyl adjacent to an activating group) is 1. The largest absolute Gasteiger partial charge is 0.340 e. The fourth-order valence-electron chi connectivity index (χ4n) is 3.22. The highest BCUT2D eigenvalue weighted by molar-refractivity contribution is 7.91. The van der Waals surface area contributed by atoms with Crippen molar-refractivity contribution in [2.45, 2.75) is 24.1 Å². The van der Waals surface area contributed by atoms with Crippen molar-refractivity contribution < 1.29 is 13.2 Å². The first-order valence-electron chi connectivity index (χ1n) is 9.48. The van der Waals surface area contributed by atoms with Crippen LogP contribution in [0.5, 0.6) is 0 Å². The van der Waals surface area contributed by atoms with Gasteiger partial charge in [0.15, 0.2) is 0 Å².